The van der Waals surface area contributed by atoms with Crippen molar-refractivity contribution >= 4 is 21.9 Å². The summed E-state index contributed by atoms with van der Waals surface area (Å²) in [7, 11) is 0. The Labute approximate surface area is 196 Å². The first-order valence-electron chi connectivity index (χ1n) is 10.7. The molecule has 35 heavy (non-hydrogen) atoms. The maximum Gasteiger partial charge on any atom is 0.216 e. The number of pyridine rings is 2. The minimum absolute atomic E-state index is 0.0349. The van der Waals surface area contributed by atoms with Gasteiger partial charge in [0.2, 0.25) is 5.95 Å². The van der Waals surface area contributed by atoms with Gasteiger partial charge in [-0.25, -0.2) is 18.7 Å². The fourth-order valence-corrected chi connectivity index (χ4v) is 4.46. The third-order valence-corrected chi connectivity index (χ3v) is 6.06. The number of H-pyrrole nitrogens is 1. The molecule has 7 nitrogen and oxygen atoms in total. The second kappa shape index (κ2) is 7.73. The highest BCUT2D eigenvalue weighted by Crippen LogP contribution is 2.37. The van der Waals surface area contributed by atoms with E-state index in [2.05, 4.69) is 25.1 Å². The van der Waals surface area contributed by atoms with Gasteiger partial charge < -0.3 is 4.98 Å². The molecule has 2 aromatic carbocycles. The highest BCUT2D eigenvalue weighted by atomic mass is 19.1. The van der Waals surface area contributed by atoms with Crippen LogP contribution in [-0.4, -0.2) is 34.7 Å². The standard InChI is InChI=1S/C25H16F3N7/c1-12-15(5-7-30-24(12)28)14-9-16(25-31-11-32-34-25)22-20(10-14)35(13(2)33-22)19-6-8-29-23-18(27)4-3-17(26)21(19)23/h3-11H,1-2H3,(H,31,32,34). The van der Waals surface area contributed by atoms with Gasteiger partial charge in [-0.2, -0.15) is 4.39 Å². The first-order valence-corrected chi connectivity index (χ1v) is 10.7. The molecule has 0 bridgehead atoms. The maximum atomic E-state index is 15.0. The summed E-state index contributed by atoms with van der Waals surface area (Å²) in [5.74, 6) is -0.816. The van der Waals surface area contributed by atoms with Crippen LogP contribution >= 0.6 is 0 Å². The number of aryl methyl sites for hydroxylation is 1. The van der Waals surface area contributed by atoms with Gasteiger partial charge in [-0.3, -0.25) is 9.55 Å². The molecular weight excluding hydrogens is 455 g/mol. The van der Waals surface area contributed by atoms with E-state index in [1.54, 1.807) is 30.5 Å². The molecule has 0 radical (unpaired) electrons. The largest absolute Gasteiger partial charge is 0.327 e. The van der Waals surface area contributed by atoms with Gasteiger partial charge in [0.25, 0.3) is 0 Å². The van der Waals surface area contributed by atoms with Crippen molar-refractivity contribution in [3.8, 4) is 28.2 Å². The van der Waals surface area contributed by atoms with Crippen LogP contribution in [0.1, 0.15) is 11.4 Å². The van der Waals surface area contributed by atoms with Crippen LogP contribution in [0.3, 0.4) is 0 Å². The summed E-state index contributed by atoms with van der Waals surface area (Å²) >= 11 is 0. The number of hydrogen-bond acceptors (Lipinski definition) is 5. The number of halogens is 3. The first-order chi connectivity index (χ1) is 16.9. The zero-order valence-electron chi connectivity index (χ0n) is 18.5. The highest BCUT2D eigenvalue weighted by molar-refractivity contribution is 5.98. The number of nitrogens with zero attached hydrogens (tertiary/aromatic N) is 6. The summed E-state index contributed by atoms with van der Waals surface area (Å²) in [6, 6.07) is 9.12. The van der Waals surface area contributed by atoms with Crippen molar-refractivity contribution in [1.29, 1.82) is 0 Å². The van der Waals surface area contributed by atoms with E-state index in [1.807, 2.05) is 12.1 Å². The third kappa shape index (κ3) is 3.17. The predicted molar refractivity (Wildman–Crippen MR) is 124 cm³/mol. The topological polar surface area (TPSA) is 85.2 Å². The molecular formula is C25H16F3N7. The molecule has 6 aromatic rings. The van der Waals surface area contributed by atoms with Gasteiger partial charge >= 0.3 is 0 Å². The number of benzene rings is 2. The Morgan fingerprint density at radius 2 is 1.66 bits per heavy atom. The number of aromatic amines is 1. The van der Waals surface area contributed by atoms with E-state index in [9.17, 15) is 13.2 Å². The molecule has 0 unspecified atom stereocenters. The average Bonchev–Trinajstić information content (AvgIpc) is 3.50. The fourth-order valence-electron chi connectivity index (χ4n) is 4.46. The first kappa shape index (κ1) is 21.0. The quantitative estimate of drug-likeness (QED) is 0.347. The van der Waals surface area contributed by atoms with Gasteiger partial charge in [-0.1, -0.05) is 0 Å². The van der Waals surface area contributed by atoms with Gasteiger partial charge in [0.15, 0.2) is 5.82 Å². The van der Waals surface area contributed by atoms with Crippen molar-refractivity contribution < 1.29 is 13.2 Å². The van der Waals surface area contributed by atoms with Gasteiger partial charge in [0, 0.05) is 23.5 Å². The molecule has 0 saturated heterocycles. The molecule has 6 rings (SSSR count). The Hall–Kier alpha value is -4.60. The lowest BCUT2D eigenvalue weighted by Gasteiger charge is -2.13. The lowest BCUT2D eigenvalue weighted by atomic mass is 9.98. The highest BCUT2D eigenvalue weighted by Gasteiger charge is 2.21. The van der Waals surface area contributed by atoms with Crippen LogP contribution in [0.15, 0.2) is 55.1 Å². The summed E-state index contributed by atoms with van der Waals surface area (Å²) in [6.45, 7) is 3.41. The second-order valence-corrected chi connectivity index (χ2v) is 8.08. The van der Waals surface area contributed by atoms with Crippen LogP contribution in [0, 0.1) is 31.4 Å². The zero-order valence-corrected chi connectivity index (χ0v) is 18.5. The molecule has 0 aliphatic carbocycles. The Morgan fingerprint density at radius 1 is 0.857 bits per heavy atom. The Bertz CT molecular complexity index is 1760. The summed E-state index contributed by atoms with van der Waals surface area (Å²) in [5.41, 5.74) is 3.76. The molecule has 0 amide bonds. The van der Waals surface area contributed by atoms with Crippen LogP contribution in [0.4, 0.5) is 13.2 Å². The third-order valence-electron chi connectivity index (χ3n) is 6.06. The van der Waals surface area contributed by atoms with Crippen LogP contribution in [-0.2, 0) is 0 Å². The van der Waals surface area contributed by atoms with Gasteiger partial charge in [0.05, 0.1) is 16.6 Å². The summed E-state index contributed by atoms with van der Waals surface area (Å²) in [5, 5.41) is 8.05. The Kier molecular flexibility index (Phi) is 4.63. The van der Waals surface area contributed by atoms with Crippen LogP contribution in [0.25, 0.3) is 50.1 Å². The van der Waals surface area contributed by atoms with Crippen LogP contribution < -0.4 is 0 Å². The molecule has 0 aliphatic rings. The summed E-state index contributed by atoms with van der Waals surface area (Å²) < 4.78 is 45.5. The molecule has 0 saturated carbocycles. The molecule has 0 spiro atoms. The van der Waals surface area contributed by atoms with Gasteiger partial charge in [-0.05, 0) is 61.4 Å². The monoisotopic (exact) mass is 471 g/mol. The molecule has 1 N–H and O–H groups in total. The van der Waals surface area contributed by atoms with Crippen LogP contribution in [0.2, 0.25) is 0 Å². The number of fused-ring (bicyclic) bond motifs is 2. The van der Waals surface area contributed by atoms with E-state index >= 15 is 0 Å². The van der Waals surface area contributed by atoms with E-state index in [1.165, 1.54) is 18.7 Å². The SMILES string of the molecule is Cc1c(-c2cc(-c3nnc[nH]3)c3nc(C)n(-c4ccnc5c(F)ccc(F)c45)c3c2)ccnc1F. The number of aromatic nitrogens is 7. The molecule has 0 fully saturated rings. The molecule has 4 heterocycles. The normalized spacial score (nSPS) is 11.6. The lowest BCUT2D eigenvalue weighted by molar-refractivity contribution is 0.575. The van der Waals surface area contributed by atoms with E-state index in [-0.39, 0.29) is 10.9 Å². The number of imidazole rings is 1. The predicted octanol–water partition coefficient (Wildman–Crippen LogP) is 5.45. The smallest absolute Gasteiger partial charge is 0.216 e. The van der Waals surface area contributed by atoms with E-state index in [4.69, 9.17) is 4.98 Å². The van der Waals surface area contributed by atoms with Crippen molar-refractivity contribution in [2.75, 3.05) is 0 Å². The van der Waals surface area contributed by atoms with E-state index < -0.39 is 17.6 Å². The summed E-state index contributed by atoms with van der Waals surface area (Å²) in [4.78, 5) is 15.5. The van der Waals surface area contributed by atoms with Crippen molar-refractivity contribution in [2.45, 2.75) is 13.8 Å². The Morgan fingerprint density at radius 3 is 2.46 bits per heavy atom. The molecule has 172 valence electrons. The Balaban J connectivity index is 1.75. The lowest BCUT2D eigenvalue weighted by Crippen LogP contribution is -2.01. The van der Waals surface area contributed by atoms with Crippen molar-refractivity contribution in [1.82, 2.24) is 34.7 Å². The van der Waals surface area contributed by atoms with Crippen molar-refractivity contribution in [3.05, 3.63) is 84.1 Å². The second-order valence-electron chi connectivity index (χ2n) is 8.08. The maximum absolute atomic E-state index is 15.0. The average molecular weight is 471 g/mol. The molecule has 0 aliphatic heterocycles. The number of rotatable bonds is 3. The van der Waals surface area contributed by atoms with E-state index in [0.29, 0.717) is 50.6 Å². The van der Waals surface area contributed by atoms with Gasteiger partial charge in [-0.15, -0.1) is 10.2 Å². The van der Waals surface area contributed by atoms with Crippen molar-refractivity contribution in [3.63, 3.8) is 0 Å². The van der Waals surface area contributed by atoms with Crippen LogP contribution in [0.5, 0.6) is 0 Å². The van der Waals surface area contributed by atoms with Crippen molar-refractivity contribution in [2.24, 2.45) is 0 Å². The van der Waals surface area contributed by atoms with Gasteiger partial charge in [0.1, 0.15) is 34.8 Å². The molecule has 10 heteroatoms. The zero-order chi connectivity index (χ0) is 24.3. The van der Waals surface area contributed by atoms with E-state index in [0.717, 1.165) is 12.1 Å². The fraction of sp³-hybridized carbons (Fsp3) is 0.0800. The number of nitrogens with one attached hydrogen (secondary N) is 1. The minimum Gasteiger partial charge on any atom is -0.327 e. The minimum atomic E-state index is -0.628. The number of hydrogen-bond donors (Lipinski definition) is 1. The molecule has 0 atom stereocenters. The molecule has 4 aromatic heterocycles. The summed E-state index contributed by atoms with van der Waals surface area (Å²) in [6.07, 6.45) is 4.27.